The average molecular weight is 915 g/mol. The van der Waals surface area contributed by atoms with E-state index in [9.17, 15) is 24.0 Å². The maximum absolute atomic E-state index is 13.3. The molecule has 5 aliphatic rings. The van der Waals surface area contributed by atoms with Crippen LogP contribution in [-0.2, 0) is 25.7 Å². The fraction of sp³-hybridized carbons (Fsp3) is 0.500. The van der Waals surface area contributed by atoms with Crippen molar-refractivity contribution in [3.8, 4) is 5.75 Å². The number of nitrogens with zero attached hydrogens (tertiary/aromatic N) is 6. The Morgan fingerprint density at radius 2 is 1.72 bits per heavy atom. The molecule has 6 heterocycles. The van der Waals surface area contributed by atoms with Crippen LogP contribution in [0.15, 0.2) is 47.4 Å². The molecular weight excluding hydrogens is 861 g/mol. The van der Waals surface area contributed by atoms with Crippen molar-refractivity contribution in [1.82, 2.24) is 35.0 Å². The first-order chi connectivity index (χ1) is 30.8. The SMILES string of the molecule is CNC(=O)COc1cc2cc(Nc3nc(N4CCC(OC5CN(C6CCC(c7ccc8c(c7Cl)CN(C7CCC(=O)NC7=O)C8=O)CC6)C5)CC4)ncc3Cl)ccc2n(C(C)C)c1=O. The third-order valence-electron chi connectivity index (χ3n) is 13.5. The Kier molecular flexibility index (Phi) is 12.6. The topological polar surface area (TPSA) is 180 Å². The van der Waals surface area contributed by atoms with Crippen molar-refractivity contribution in [2.75, 3.05) is 50.1 Å². The molecule has 64 heavy (non-hydrogen) atoms. The van der Waals surface area contributed by atoms with E-state index in [0.29, 0.717) is 51.4 Å². The molecule has 3 N–H and O–H groups in total. The molecule has 9 rings (SSSR count). The Labute approximate surface area is 380 Å². The monoisotopic (exact) mass is 913 g/mol. The molecule has 0 spiro atoms. The molecule has 2 aromatic carbocycles. The molecule has 3 saturated heterocycles. The lowest BCUT2D eigenvalue weighted by molar-refractivity contribution is -0.137. The van der Waals surface area contributed by atoms with E-state index in [1.54, 1.807) is 21.7 Å². The highest BCUT2D eigenvalue weighted by Crippen LogP contribution is 2.43. The molecule has 1 aliphatic carbocycles. The molecule has 18 heteroatoms. The maximum atomic E-state index is 13.3. The predicted molar refractivity (Wildman–Crippen MR) is 243 cm³/mol. The fourth-order valence-corrected chi connectivity index (χ4v) is 10.5. The van der Waals surface area contributed by atoms with E-state index < -0.39 is 11.9 Å². The summed E-state index contributed by atoms with van der Waals surface area (Å²) in [4.78, 5) is 78.2. The van der Waals surface area contributed by atoms with E-state index >= 15 is 0 Å². The predicted octanol–water partition coefficient (Wildman–Crippen LogP) is 5.70. The van der Waals surface area contributed by atoms with Crippen LogP contribution in [0.1, 0.15) is 98.7 Å². The number of fused-ring (bicyclic) bond motifs is 2. The van der Waals surface area contributed by atoms with Crippen LogP contribution in [-0.4, -0.2) is 112 Å². The quantitative estimate of drug-likeness (QED) is 0.148. The number of pyridine rings is 1. The number of nitrogens with one attached hydrogen (secondary N) is 3. The van der Waals surface area contributed by atoms with Crippen molar-refractivity contribution in [2.24, 2.45) is 0 Å². The lowest BCUT2D eigenvalue weighted by atomic mass is 9.79. The summed E-state index contributed by atoms with van der Waals surface area (Å²) in [6.07, 6.45) is 8.41. The van der Waals surface area contributed by atoms with E-state index in [1.165, 1.54) is 7.05 Å². The third kappa shape index (κ3) is 8.76. The van der Waals surface area contributed by atoms with Crippen LogP contribution in [0.2, 0.25) is 10.0 Å². The Balaban J connectivity index is 0.746. The number of piperidine rings is 2. The van der Waals surface area contributed by atoms with Gasteiger partial charge in [-0.1, -0.05) is 29.3 Å². The number of likely N-dealkylation sites (N-methyl/N-ethyl adjacent to an activating group) is 1. The summed E-state index contributed by atoms with van der Waals surface area (Å²) in [5.41, 5.74) is 3.56. The van der Waals surface area contributed by atoms with Gasteiger partial charge in [-0.2, -0.15) is 4.98 Å². The Morgan fingerprint density at radius 1 is 0.953 bits per heavy atom. The number of amides is 4. The number of halogens is 2. The summed E-state index contributed by atoms with van der Waals surface area (Å²) in [7, 11) is 1.51. The van der Waals surface area contributed by atoms with E-state index in [0.717, 1.165) is 86.7 Å². The molecule has 1 atom stereocenters. The lowest BCUT2D eigenvalue weighted by Crippen LogP contribution is -2.58. The van der Waals surface area contributed by atoms with Gasteiger partial charge in [-0.3, -0.25) is 34.2 Å². The van der Waals surface area contributed by atoms with E-state index in [-0.39, 0.29) is 66.9 Å². The molecule has 4 amide bonds. The van der Waals surface area contributed by atoms with Crippen LogP contribution in [0, 0.1) is 0 Å². The van der Waals surface area contributed by atoms with Crippen LogP contribution in [0.5, 0.6) is 5.75 Å². The highest BCUT2D eigenvalue weighted by atomic mass is 35.5. The summed E-state index contributed by atoms with van der Waals surface area (Å²) in [6.45, 7) is 7.22. The van der Waals surface area contributed by atoms with Gasteiger partial charge in [-0.05, 0) is 101 Å². The number of aromatic nitrogens is 3. The minimum atomic E-state index is -0.660. The van der Waals surface area contributed by atoms with E-state index in [2.05, 4.69) is 30.7 Å². The Morgan fingerprint density at radius 3 is 2.44 bits per heavy atom. The van der Waals surface area contributed by atoms with Gasteiger partial charge in [0.15, 0.2) is 18.2 Å². The van der Waals surface area contributed by atoms with Crippen LogP contribution in [0.25, 0.3) is 10.9 Å². The van der Waals surface area contributed by atoms with Gasteiger partial charge >= 0.3 is 0 Å². The second-order valence-electron chi connectivity index (χ2n) is 17.8. The lowest BCUT2D eigenvalue weighted by Gasteiger charge is -2.47. The first-order valence-electron chi connectivity index (χ1n) is 22.3. The maximum Gasteiger partial charge on any atom is 0.293 e. The second kappa shape index (κ2) is 18.3. The van der Waals surface area contributed by atoms with Gasteiger partial charge in [0, 0.05) is 85.5 Å². The number of hydrogen-bond donors (Lipinski definition) is 3. The van der Waals surface area contributed by atoms with Gasteiger partial charge in [0.1, 0.15) is 11.1 Å². The van der Waals surface area contributed by atoms with Crippen molar-refractivity contribution < 1.29 is 28.7 Å². The molecule has 4 aromatic rings. The minimum absolute atomic E-state index is 0.0916. The van der Waals surface area contributed by atoms with Gasteiger partial charge in [0.2, 0.25) is 17.8 Å². The van der Waals surface area contributed by atoms with E-state index in [1.807, 2.05) is 44.2 Å². The molecule has 1 unspecified atom stereocenters. The molecule has 4 aliphatic heterocycles. The number of benzene rings is 2. The van der Waals surface area contributed by atoms with Crippen molar-refractivity contribution in [3.63, 3.8) is 0 Å². The van der Waals surface area contributed by atoms with Crippen LogP contribution in [0.3, 0.4) is 0 Å². The second-order valence-corrected chi connectivity index (χ2v) is 18.6. The third-order valence-corrected chi connectivity index (χ3v) is 14.2. The number of carbonyl (C=O) groups is 4. The number of imide groups is 1. The number of carbonyl (C=O) groups excluding carboxylic acids is 4. The van der Waals surface area contributed by atoms with Crippen LogP contribution >= 0.6 is 23.2 Å². The number of hydrogen-bond acceptors (Lipinski definition) is 12. The molecule has 4 fully saturated rings. The number of anilines is 3. The van der Waals surface area contributed by atoms with Crippen LogP contribution < -0.4 is 31.1 Å². The highest BCUT2D eigenvalue weighted by Gasteiger charge is 2.42. The van der Waals surface area contributed by atoms with E-state index in [4.69, 9.17) is 37.7 Å². The minimum Gasteiger partial charge on any atom is -0.478 e. The van der Waals surface area contributed by atoms with Gasteiger partial charge in [-0.25, -0.2) is 4.98 Å². The summed E-state index contributed by atoms with van der Waals surface area (Å²) >= 11 is 13.6. The molecule has 2 aromatic heterocycles. The summed E-state index contributed by atoms with van der Waals surface area (Å²) in [5, 5.41) is 9.96. The Bertz CT molecular complexity index is 2550. The smallest absolute Gasteiger partial charge is 0.293 e. The van der Waals surface area contributed by atoms with Crippen LogP contribution in [0.4, 0.5) is 17.5 Å². The number of ether oxygens (including phenoxy) is 2. The standard InChI is InChI=1S/C46H53Cl2N9O7/c1-25(2)57-36-11-6-28(18-27(36)19-38(45(57)62)63-24-40(59)49-3)51-42-35(47)20-50-46(53-42)54-16-14-30(15-17-54)64-31-21-55(22-31)29-7-4-26(5-8-29)32-9-10-33-34(41(32)48)23-56(44(33)61)37-12-13-39(58)52-43(37)60/h6,9-11,18-20,25-26,29-31,37H,4-5,7-8,12-17,21-24H2,1-3H3,(H,49,59)(H,50,51,53)(H,52,58,60). The van der Waals surface area contributed by atoms with Crippen molar-refractivity contribution in [1.29, 1.82) is 0 Å². The first kappa shape index (κ1) is 43.9. The largest absolute Gasteiger partial charge is 0.478 e. The average Bonchev–Trinajstić information content (AvgIpc) is 3.61. The molecule has 0 bridgehead atoms. The van der Waals surface area contributed by atoms with Gasteiger partial charge in [0.05, 0.1) is 23.9 Å². The molecule has 338 valence electrons. The molecule has 16 nitrogen and oxygen atoms in total. The van der Waals surface area contributed by atoms with Gasteiger partial charge in [-0.15, -0.1) is 0 Å². The number of likely N-dealkylation sites (tertiary alicyclic amines) is 1. The van der Waals surface area contributed by atoms with Crippen molar-refractivity contribution >= 4 is 75.2 Å². The highest BCUT2D eigenvalue weighted by molar-refractivity contribution is 6.33. The zero-order valence-corrected chi connectivity index (χ0v) is 37.7. The zero-order valence-electron chi connectivity index (χ0n) is 36.2. The van der Waals surface area contributed by atoms with Gasteiger partial charge in [0.25, 0.3) is 17.4 Å². The molecule has 0 radical (unpaired) electrons. The fourth-order valence-electron chi connectivity index (χ4n) is 9.97. The molecular formula is C46H53Cl2N9O7. The van der Waals surface area contributed by atoms with Crippen molar-refractivity contribution in [2.45, 2.75) is 108 Å². The summed E-state index contributed by atoms with van der Waals surface area (Å²) < 4.78 is 13.9. The summed E-state index contributed by atoms with van der Waals surface area (Å²) in [6, 6.07) is 10.9. The zero-order chi connectivity index (χ0) is 44.8. The van der Waals surface area contributed by atoms with Crippen molar-refractivity contribution in [3.05, 3.63) is 79.7 Å². The summed E-state index contributed by atoms with van der Waals surface area (Å²) in [5.74, 6) is 0.189. The molecule has 1 saturated carbocycles. The number of rotatable bonds is 12. The normalized spacial score (nSPS) is 22.2. The first-order valence-corrected chi connectivity index (χ1v) is 23.0. The Hall–Kier alpha value is -5.29. The van der Waals surface area contributed by atoms with Gasteiger partial charge < -0.3 is 34.5 Å².